The standard InChI is InChI=1S/C32H44ClN5O9.C9H15N3O2/c33-11-3-1-2-4-14-45-18-19-46-17-13-36-31(42)24-9-7-23(8-10-24)30(41)35-12-16-44-15-5-6-25-21-38(32(43)37-29(25)34)28-20-26(40)27(22-39)47-28;1-4-7(14-3)12-5-6(2)8(10)11-9(12)13/h7-10,21,26-28,39-40H,1-4,11-20,22H2,(H,35,41)(H,36,42)(H2,34,37,43);5,7H,4H2,1-3H3,(H2,10,11,13). The first-order valence-corrected chi connectivity index (χ1v) is 20.6. The summed E-state index contributed by atoms with van der Waals surface area (Å²) in [6.07, 6.45) is 5.38. The number of carbonyl (C=O) groups is 2. The Labute approximate surface area is 360 Å². The quantitative estimate of drug-likeness (QED) is 0.0448. The molecule has 0 saturated carbocycles. The predicted molar refractivity (Wildman–Crippen MR) is 228 cm³/mol. The number of nitrogens with two attached hydrogens (primary N) is 2. The zero-order chi connectivity index (χ0) is 44.6. The molecular formula is C41H59ClN8O11. The van der Waals surface area contributed by atoms with Gasteiger partial charge in [0.25, 0.3) is 11.8 Å². The molecule has 8 N–H and O–H groups in total. The normalized spacial score (nSPS) is 16.2. The Morgan fingerprint density at radius 1 is 0.918 bits per heavy atom. The minimum absolute atomic E-state index is 0.0259. The summed E-state index contributed by atoms with van der Waals surface area (Å²) in [6.45, 7) is 6.20. The van der Waals surface area contributed by atoms with Crippen LogP contribution in [0.25, 0.3) is 0 Å². The van der Waals surface area contributed by atoms with Crippen molar-refractivity contribution in [1.82, 2.24) is 29.7 Å². The molecule has 1 aliphatic rings. The number of nitrogens with zero attached hydrogens (tertiary/aromatic N) is 4. The number of carbonyl (C=O) groups excluding carboxylic acids is 2. The van der Waals surface area contributed by atoms with Crippen LogP contribution in [-0.4, -0.2) is 126 Å². The maximum atomic E-state index is 12.4. The number of benzene rings is 1. The highest BCUT2D eigenvalue weighted by Gasteiger charge is 2.35. The molecule has 1 fully saturated rings. The molecule has 4 unspecified atom stereocenters. The van der Waals surface area contributed by atoms with Crippen LogP contribution < -0.4 is 33.5 Å². The average Bonchev–Trinajstić information content (AvgIpc) is 3.63. The molecule has 0 radical (unpaired) electrons. The van der Waals surface area contributed by atoms with Gasteiger partial charge in [-0.05, 0) is 50.5 Å². The van der Waals surface area contributed by atoms with E-state index in [0.717, 1.165) is 31.2 Å². The number of halogens is 1. The average molecular weight is 875 g/mol. The van der Waals surface area contributed by atoms with Gasteiger partial charge in [0, 0.05) is 68.2 Å². The van der Waals surface area contributed by atoms with Crippen molar-refractivity contribution in [2.24, 2.45) is 0 Å². The highest BCUT2D eigenvalue weighted by Crippen LogP contribution is 2.27. The SMILES string of the molecule is CCC(OC)n1cc(C)c(N)nc1=O.Nc1nc(=O)n(C2CC(O)C(CO)O2)cc1C#CCOCCNC(=O)c1ccc(C(=O)NCCOCCOCCCCCCCl)cc1. The predicted octanol–water partition coefficient (Wildman–Crippen LogP) is 1.52. The van der Waals surface area contributed by atoms with Crippen LogP contribution in [-0.2, 0) is 23.7 Å². The first-order valence-electron chi connectivity index (χ1n) is 20.1. The number of alkyl halides is 1. The van der Waals surface area contributed by atoms with Gasteiger partial charge in [-0.3, -0.25) is 18.7 Å². The van der Waals surface area contributed by atoms with E-state index in [2.05, 4.69) is 32.4 Å². The molecule has 0 aliphatic carbocycles. The van der Waals surface area contributed by atoms with Crippen molar-refractivity contribution < 1.29 is 43.5 Å². The molecule has 20 heteroatoms. The van der Waals surface area contributed by atoms with Crippen LogP contribution in [0.3, 0.4) is 0 Å². The Hall–Kier alpha value is -4.91. The second kappa shape index (κ2) is 27.8. The van der Waals surface area contributed by atoms with Crippen molar-refractivity contribution in [3.8, 4) is 11.8 Å². The molecule has 4 atom stereocenters. The van der Waals surface area contributed by atoms with Gasteiger partial charge in [0.1, 0.15) is 36.8 Å². The number of anilines is 2. The lowest BCUT2D eigenvalue weighted by Crippen LogP contribution is -2.29. The first-order chi connectivity index (χ1) is 29.4. The summed E-state index contributed by atoms with van der Waals surface area (Å²) in [7, 11) is 1.56. The minimum Gasteiger partial charge on any atom is -0.394 e. The van der Waals surface area contributed by atoms with Crippen molar-refractivity contribution in [2.45, 2.75) is 77.0 Å². The van der Waals surface area contributed by atoms with E-state index >= 15 is 0 Å². The van der Waals surface area contributed by atoms with Crippen LogP contribution in [0.15, 0.2) is 46.2 Å². The van der Waals surface area contributed by atoms with Gasteiger partial charge >= 0.3 is 11.4 Å². The third kappa shape index (κ3) is 17.2. The summed E-state index contributed by atoms with van der Waals surface area (Å²) in [4.78, 5) is 56.0. The largest absolute Gasteiger partial charge is 0.394 e. The number of nitrogens with one attached hydrogen (secondary N) is 2. The maximum absolute atomic E-state index is 12.4. The number of hydrogen-bond donors (Lipinski definition) is 6. The molecule has 1 aliphatic heterocycles. The number of unbranched alkanes of at least 4 members (excludes halogenated alkanes) is 3. The highest BCUT2D eigenvalue weighted by molar-refractivity contribution is 6.17. The topological polar surface area (TPSA) is 267 Å². The van der Waals surface area contributed by atoms with Crippen molar-refractivity contribution in [3.05, 3.63) is 79.9 Å². The van der Waals surface area contributed by atoms with Gasteiger partial charge < -0.3 is 56.0 Å². The van der Waals surface area contributed by atoms with Crippen LogP contribution in [0.5, 0.6) is 0 Å². The van der Waals surface area contributed by atoms with Crippen molar-refractivity contribution in [1.29, 1.82) is 0 Å². The molecule has 2 aromatic heterocycles. The van der Waals surface area contributed by atoms with Crippen molar-refractivity contribution in [2.75, 3.05) is 83.8 Å². The summed E-state index contributed by atoms with van der Waals surface area (Å²) in [5, 5.41) is 24.7. The lowest BCUT2D eigenvalue weighted by atomic mass is 10.1. The molecule has 1 aromatic carbocycles. The van der Waals surface area contributed by atoms with Gasteiger partial charge in [-0.25, -0.2) is 9.59 Å². The van der Waals surface area contributed by atoms with Gasteiger partial charge in [0.2, 0.25) is 0 Å². The Morgan fingerprint density at radius 2 is 1.52 bits per heavy atom. The number of methoxy groups -OCH3 is 1. The monoisotopic (exact) mass is 874 g/mol. The fourth-order valence-electron chi connectivity index (χ4n) is 5.78. The van der Waals surface area contributed by atoms with Gasteiger partial charge in [-0.2, -0.15) is 9.97 Å². The Balaban J connectivity index is 0.000000598. The number of aryl methyl sites for hydroxylation is 1. The molecule has 0 bridgehead atoms. The first kappa shape index (κ1) is 50.4. The molecule has 19 nitrogen and oxygen atoms in total. The smallest absolute Gasteiger partial charge is 0.351 e. The van der Waals surface area contributed by atoms with Crippen molar-refractivity contribution >= 4 is 35.1 Å². The van der Waals surface area contributed by atoms with E-state index < -0.39 is 24.1 Å². The highest BCUT2D eigenvalue weighted by atomic mass is 35.5. The molecule has 336 valence electrons. The van der Waals surface area contributed by atoms with Crippen LogP contribution in [0, 0.1) is 18.8 Å². The number of aliphatic hydroxyl groups excluding tert-OH is 2. The molecule has 2 amide bonds. The lowest BCUT2D eigenvalue weighted by molar-refractivity contribution is -0.0458. The number of aromatic nitrogens is 4. The maximum Gasteiger partial charge on any atom is 0.351 e. The zero-order valence-corrected chi connectivity index (χ0v) is 35.7. The van der Waals surface area contributed by atoms with Crippen LogP contribution in [0.4, 0.5) is 11.6 Å². The van der Waals surface area contributed by atoms with E-state index in [0.29, 0.717) is 56.4 Å². The minimum atomic E-state index is -0.914. The Bertz CT molecular complexity index is 1980. The summed E-state index contributed by atoms with van der Waals surface area (Å²) < 4.78 is 29.7. The number of rotatable bonds is 23. The van der Waals surface area contributed by atoms with E-state index in [9.17, 15) is 29.4 Å². The Kier molecular flexibility index (Phi) is 23.0. The Morgan fingerprint density at radius 3 is 2.11 bits per heavy atom. The van der Waals surface area contributed by atoms with E-state index in [-0.39, 0.29) is 73.7 Å². The zero-order valence-electron chi connectivity index (χ0n) is 35.0. The second-order valence-corrected chi connectivity index (χ2v) is 14.1. The molecule has 1 saturated heterocycles. The summed E-state index contributed by atoms with van der Waals surface area (Å²) in [5.41, 5.74) is 12.2. The van der Waals surface area contributed by atoms with Crippen LogP contribution in [0.1, 0.15) is 89.7 Å². The molecule has 0 spiro atoms. The van der Waals surface area contributed by atoms with Gasteiger partial charge in [-0.1, -0.05) is 31.6 Å². The molecular weight excluding hydrogens is 816 g/mol. The molecule has 61 heavy (non-hydrogen) atoms. The number of ether oxygens (including phenoxy) is 5. The number of hydrogen-bond acceptors (Lipinski definition) is 15. The lowest BCUT2D eigenvalue weighted by Gasteiger charge is -2.16. The van der Waals surface area contributed by atoms with Gasteiger partial charge in [0.05, 0.1) is 44.7 Å². The van der Waals surface area contributed by atoms with E-state index in [1.54, 1.807) is 44.5 Å². The fourth-order valence-corrected chi connectivity index (χ4v) is 5.96. The molecule has 4 rings (SSSR count). The fraction of sp³-hybridized carbons (Fsp3) is 0.561. The van der Waals surface area contributed by atoms with E-state index in [1.165, 1.54) is 15.3 Å². The third-order valence-corrected chi connectivity index (χ3v) is 9.46. The second-order valence-electron chi connectivity index (χ2n) is 13.7. The number of aliphatic hydroxyl groups is 2. The third-order valence-electron chi connectivity index (χ3n) is 9.20. The van der Waals surface area contributed by atoms with E-state index in [4.69, 9.17) is 46.8 Å². The molecule has 3 heterocycles. The summed E-state index contributed by atoms with van der Waals surface area (Å²) >= 11 is 5.65. The summed E-state index contributed by atoms with van der Waals surface area (Å²) in [6, 6.07) is 6.29. The van der Waals surface area contributed by atoms with Crippen LogP contribution in [0.2, 0.25) is 0 Å². The van der Waals surface area contributed by atoms with Crippen LogP contribution >= 0.6 is 11.6 Å². The van der Waals surface area contributed by atoms with E-state index in [1.807, 2.05) is 6.92 Å². The van der Waals surface area contributed by atoms with Crippen molar-refractivity contribution in [3.63, 3.8) is 0 Å². The number of amides is 2. The number of nitrogen functional groups attached to an aromatic ring is 2. The summed E-state index contributed by atoms with van der Waals surface area (Å²) in [5.74, 6) is 5.91. The van der Waals surface area contributed by atoms with Gasteiger partial charge in [-0.15, -0.1) is 11.6 Å². The van der Waals surface area contributed by atoms with Gasteiger partial charge in [0.15, 0.2) is 0 Å². The molecule has 3 aromatic rings.